The van der Waals surface area contributed by atoms with Gasteiger partial charge in [-0.25, -0.2) is 0 Å². The topological polar surface area (TPSA) is 44.8 Å². The van der Waals surface area contributed by atoms with E-state index in [4.69, 9.17) is 13.8 Å². The summed E-state index contributed by atoms with van der Waals surface area (Å²) in [6.07, 6.45) is 3.46. The molecule has 0 radical (unpaired) electrons. The first-order valence-electron chi connectivity index (χ1n) is 5.36. The second-order valence-electron chi connectivity index (χ2n) is 2.88. The van der Waals surface area contributed by atoms with E-state index in [1.165, 1.54) is 12.1 Å². The predicted octanol–water partition coefficient (Wildman–Crippen LogP) is 3.54. The molecule has 0 heterocycles. The summed E-state index contributed by atoms with van der Waals surface area (Å²) < 4.78 is 27.1. The van der Waals surface area contributed by atoms with E-state index in [1.54, 1.807) is 13.8 Å². The van der Waals surface area contributed by atoms with E-state index in [2.05, 4.69) is 6.92 Å². The van der Waals surface area contributed by atoms with Crippen molar-refractivity contribution in [3.63, 3.8) is 0 Å². The van der Waals surface area contributed by atoms with Gasteiger partial charge < -0.3 is 13.8 Å². The maximum absolute atomic E-state index is 11.8. The molecule has 5 heteroatoms. The molecule has 0 bridgehead atoms. The molecule has 15 heavy (non-hydrogen) atoms. The molecule has 0 spiro atoms. The molecule has 0 saturated heterocycles. The molecule has 0 amide bonds. The highest BCUT2D eigenvalue weighted by Gasteiger charge is 2.18. The highest BCUT2D eigenvalue weighted by atomic mass is 31.2. The molecular formula is C10H21O4P. The van der Waals surface area contributed by atoms with Crippen molar-refractivity contribution in [2.24, 2.45) is 0 Å². The second-order valence-corrected chi connectivity index (χ2v) is 4.78. The highest BCUT2D eigenvalue weighted by Crippen LogP contribution is 2.49. The fourth-order valence-electron chi connectivity index (χ4n) is 0.897. The third-order valence-corrected chi connectivity index (χ3v) is 3.30. The molecular weight excluding hydrogens is 215 g/mol. The van der Waals surface area contributed by atoms with Gasteiger partial charge >= 0.3 is 7.60 Å². The maximum atomic E-state index is 11.8. The molecule has 0 saturated carbocycles. The summed E-state index contributed by atoms with van der Waals surface area (Å²) in [6, 6.07) is 0. The van der Waals surface area contributed by atoms with Crippen molar-refractivity contribution < 1.29 is 18.3 Å². The lowest BCUT2D eigenvalue weighted by atomic mass is 10.4. The lowest BCUT2D eigenvalue weighted by molar-refractivity contribution is 0.222. The largest absolute Gasteiger partial charge is 0.501 e. The van der Waals surface area contributed by atoms with Crippen molar-refractivity contribution in [1.29, 1.82) is 0 Å². The summed E-state index contributed by atoms with van der Waals surface area (Å²) in [4.78, 5) is 0. The zero-order chi connectivity index (χ0) is 11.6. The molecule has 4 nitrogen and oxygen atoms in total. The fraction of sp³-hybridized carbons (Fsp3) is 0.800. The van der Waals surface area contributed by atoms with Crippen LogP contribution < -0.4 is 0 Å². The number of rotatable bonds is 9. The van der Waals surface area contributed by atoms with Crippen LogP contribution >= 0.6 is 7.60 Å². The van der Waals surface area contributed by atoms with Gasteiger partial charge in [0.1, 0.15) is 0 Å². The smallest absolute Gasteiger partial charge is 0.357 e. The van der Waals surface area contributed by atoms with E-state index in [0.717, 1.165) is 12.8 Å². The minimum atomic E-state index is -3.07. The molecule has 0 aliphatic carbocycles. The second kappa shape index (κ2) is 8.96. The van der Waals surface area contributed by atoms with Crippen molar-refractivity contribution >= 4 is 7.60 Å². The van der Waals surface area contributed by atoms with E-state index < -0.39 is 7.60 Å². The van der Waals surface area contributed by atoms with Crippen molar-refractivity contribution in [1.82, 2.24) is 0 Å². The lowest BCUT2D eigenvalue weighted by Crippen LogP contribution is -1.93. The van der Waals surface area contributed by atoms with Gasteiger partial charge in [-0.2, -0.15) is 0 Å². The average molecular weight is 236 g/mol. The van der Waals surface area contributed by atoms with Gasteiger partial charge in [-0.1, -0.05) is 13.3 Å². The van der Waals surface area contributed by atoms with Gasteiger partial charge in [0.25, 0.3) is 0 Å². The van der Waals surface area contributed by atoms with Crippen LogP contribution in [0.1, 0.15) is 33.6 Å². The zero-order valence-corrected chi connectivity index (χ0v) is 10.7. The standard InChI is InChI=1S/C10H21O4P/c1-4-7-8-12-9-10-15(11,13-5-2)14-6-3/h9-10H,4-8H2,1-3H3/b10-9+. The van der Waals surface area contributed by atoms with Gasteiger partial charge in [0, 0.05) is 0 Å². The molecule has 0 aliphatic rings. The molecule has 0 rings (SSSR count). The predicted molar refractivity (Wildman–Crippen MR) is 60.9 cm³/mol. The Bertz CT molecular complexity index is 205. The third kappa shape index (κ3) is 7.60. The van der Waals surface area contributed by atoms with Crippen molar-refractivity contribution in [2.75, 3.05) is 19.8 Å². The van der Waals surface area contributed by atoms with Gasteiger partial charge in [-0.3, -0.25) is 4.57 Å². The normalized spacial score (nSPS) is 12.2. The Morgan fingerprint density at radius 3 is 2.20 bits per heavy atom. The first-order chi connectivity index (χ1) is 7.18. The molecule has 0 aliphatic heterocycles. The Morgan fingerprint density at radius 1 is 1.13 bits per heavy atom. The molecule has 0 atom stereocenters. The Hall–Kier alpha value is -0.310. The van der Waals surface area contributed by atoms with Gasteiger partial charge in [0.2, 0.25) is 0 Å². The zero-order valence-electron chi connectivity index (χ0n) is 9.77. The van der Waals surface area contributed by atoms with Crippen LogP contribution in [-0.4, -0.2) is 19.8 Å². The van der Waals surface area contributed by atoms with Crippen LogP contribution in [0, 0.1) is 0 Å². The van der Waals surface area contributed by atoms with Crippen LogP contribution in [-0.2, 0) is 18.3 Å². The number of hydrogen-bond acceptors (Lipinski definition) is 4. The SMILES string of the molecule is CCCCO/C=C/P(=O)(OCC)OCC. The number of hydrogen-bond donors (Lipinski definition) is 0. The summed E-state index contributed by atoms with van der Waals surface area (Å²) in [7, 11) is -3.07. The Morgan fingerprint density at radius 2 is 1.73 bits per heavy atom. The van der Waals surface area contributed by atoms with Gasteiger partial charge in [-0.15, -0.1) is 0 Å². The van der Waals surface area contributed by atoms with E-state index in [9.17, 15) is 4.57 Å². The summed E-state index contributed by atoms with van der Waals surface area (Å²) >= 11 is 0. The minimum Gasteiger partial charge on any atom is -0.501 e. The van der Waals surface area contributed by atoms with E-state index in [0.29, 0.717) is 19.8 Å². The Labute approximate surface area is 92.1 Å². The van der Waals surface area contributed by atoms with Crippen molar-refractivity contribution in [3.8, 4) is 0 Å². The van der Waals surface area contributed by atoms with Gasteiger partial charge in [-0.05, 0) is 20.3 Å². The van der Waals surface area contributed by atoms with Crippen LogP contribution in [0.2, 0.25) is 0 Å². The Balaban J connectivity index is 3.98. The number of ether oxygens (including phenoxy) is 1. The van der Waals surface area contributed by atoms with Crippen molar-refractivity contribution in [2.45, 2.75) is 33.6 Å². The maximum Gasteiger partial charge on any atom is 0.357 e. The van der Waals surface area contributed by atoms with Crippen LogP contribution in [0.15, 0.2) is 12.1 Å². The summed E-state index contributed by atoms with van der Waals surface area (Å²) in [5.41, 5.74) is 0. The van der Waals surface area contributed by atoms with E-state index in [-0.39, 0.29) is 0 Å². The van der Waals surface area contributed by atoms with Crippen LogP contribution in [0.25, 0.3) is 0 Å². The number of unbranched alkanes of at least 4 members (excludes halogenated alkanes) is 1. The molecule has 0 aromatic heterocycles. The molecule has 0 N–H and O–H groups in total. The van der Waals surface area contributed by atoms with Gasteiger partial charge in [0.15, 0.2) is 0 Å². The highest BCUT2D eigenvalue weighted by molar-refractivity contribution is 7.57. The first kappa shape index (κ1) is 14.7. The molecule has 90 valence electrons. The fourth-order valence-corrected chi connectivity index (χ4v) is 2.10. The summed E-state index contributed by atoms with van der Waals surface area (Å²) in [6.45, 7) is 6.98. The van der Waals surface area contributed by atoms with Crippen LogP contribution in [0.4, 0.5) is 0 Å². The first-order valence-corrected chi connectivity index (χ1v) is 6.97. The lowest BCUT2D eigenvalue weighted by Gasteiger charge is -2.12. The molecule has 0 aromatic rings. The molecule has 0 aromatic carbocycles. The average Bonchev–Trinajstić information content (AvgIpc) is 2.18. The van der Waals surface area contributed by atoms with Crippen LogP contribution in [0.3, 0.4) is 0 Å². The van der Waals surface area contributed by atoms with E-state index in [1.807, 2.05) is 0 Å². The quantitative estimate of drug-likeness (QED) is 0.349. The van der Waals surface area contributed by atoms with E-state index >= 15 is 0 Å². The monoisotopic (exact) mass is 236 g/mol. The molecule has 0 unspecified atom stereocenters. The third-order valence-electron chi connectivity index (χ3n) is 1.57. The summed E-state index contributed by atoms with van der Waals surface area (Å²) in [5, 5.41) is 0. The van der Waals surface area contributed by atoms with Crippen LogP contribution in [0.5, 0.6) is 0 Å². The summed E-state index contributed by atoms with van der Waals surface area (Å²) in [5.74, 6) is 1.37. The van der Waals surface area contributed by atoms with Crippen molar-refractivity contribution in [3.05, 3.63) is 12.1 Å². The molecule has 0 fully saturated rings. The van der Waals surface area contributed by atoms with Gasteiger partial charge in [0.05, 0.1) is 31.9 Å². The Kier molecular flexibility index (Phi) is 8.77. The minimum absolute atomic E-state index is 0.358.